The summed E-state index contributed by atoms with van der Waals surface area (Å²) in [5.41, 5.74) is 3.81. The van der Waals surface area contributed by atoms with Crippen LogP contribution >= 0.6 is 0 Å². The second-order valence-electron chi connectivity index (χ2n) is 5.56. The van der Waals surface area contributed by atoms with Gasteiger partial charge in [-0.1, -0.05) is 60.2 Å². The summed E-state index contributed by atoms with van der Waals surface area (Å²) in [5.74, 6) is 0.940. The average molecular weight is 291 g/mol. The van der Waals surface area contributed by atoms with E-state index < -0.39 is 0 Å². The minimum Gasteiger partial charge on any atom is -0.496 e. The van der Waals surface area contributed by atoms with Gasteiger partial charge in [0.2, 0.25) is 0 Å². The molecule has 3 rings (SSSR count). The third-order valence-electron chi connectivity index (χ3n) is 3.93. The number of aryl methyl sites for hydroxylation is 1. The monoisotopic (exact) mass is 291 g/mol. The van der Waals surface area contributed by atoms with Gasteiger partial charge in [-0.15, -0.1) is 0 Å². The second kappa shape index (κ2) is 6.63. The van der Waals surface area contributed by atoms with Crippen LogP contribution in [-0.2, 0) is 13.1 Å². The lowest BCUT2D eigenvalue weighted by molar-refractivity contribution is 0.408. The molecule has 0 aliphatic rings. The lowest BCUT2D eigenvalue weighted by atomic mass is 10.0. The van der Waals surface area contributed by atoms with E-state index in [1.165, 1.54) is 27.5 Å². The van der Waals surface area contributed by atoms with Crippen LogP contribution in [0.15, 0.2) is 60.7 Å². The molecule has 0 aliphatic carbocycles. The number of ether oxygens (including phenoxy) is 1. The van der Waals surface area contributed by atoms with Crippen molar-refractivity contribution in [2.24, 2.45) is 0 Å². The molecule has 0 unspecified atom stereocenters. The van der Waals surface area contributed by atoms with Crippen LogP contribution in [0.25, 0.3) is 10.8 Å². The van der Waals surface area contributed by atoms with Crippen LogP contribution in [0.3, 0.4) is 0 Å². The molecule has 2 heteroatoms. The van der Waals surface area contributed by atoms with Crippen LogP contribution < -0.4 is 10.1 Å². The van der Waals surface area contributed by atoms with Crippen LogP contribution in [-0.4, -0.2) is 7.11 Å². The van der Waals surface area contributed by atoms with Crippen molar-refractivity contribution < 1.29 is 4.74 Å². The van der Waals surface area contributed by atoms with Gasteiger partial charge in [-0.05, 0) is 29.3 Å². The first kappa shape index (κ1) is 14.6. The highest BCUT2D eigenvalue weighted by Crippen LogP contribution is 2.27. The highest BCUT2D eigenvalue weighted by atomic mass is 16.5. The molecule has 0 bridgehead atoms. The Kier molecular flexibility index (Phi) is 4.40. The third kappa shape index (κ3) is 3.12. The molecule has 0 aliphatic heterocycles. The van der Waals surface area contributed by atoms with Crippen molar-refractivity contribution in [3.63, 3.8) is 0 Å². The number of benzene rings is 3. The molecular weight excluding hydrogens is 270 g/mol. The molecule has 0 saturated carbocycles. The van der Waals surface area contributed by atoms with E-state index >= 15 is 0 Å². The summed E-state index contributed by atoms with van der Waals surface area (Å²) >= 11 is 0. The van der Waals surface area contributed by atoms with Gasteiger partial charge in [0.15, 0.2) is 0 Å². The molecule has 112 valence electrons. The Morgan fingerprint density at radius 2 is 1.77 bits per heavy atom. The van der Waals surface area contributed by atoms with Crippen molar-refractivity contribution in [1.82, 2.24) is 5.32 Å². The smallest absolute Gasteiger partial charge is 0.123 e. The Hall–Kier alpha value is -2.32. The Morgan fingerprint density at radius 1 is 0.909 bits per heavy atom. The fraction of sp³-hybridized carbons (Fsp3) is 0.200. The normalized spacial score (nSPS) is 10.8. The number of rotatable bonds is 5. The van der Waals surface area contributed by atoms with E-state index in [9.17, 15) is 0 Å². The van der Waals surface area contributed by atoms with Crippen LogP contribution in [0.5, 0.6) is 5.75 Å². The summed E-state index contributed by atoms with van der Waals surface area (Å²) in [6.45, 7) is 3.77. The van der Waals surface area contributed by atoms with Crippen LogP contribution in [0.4, 0.5) is 0 Å². The number of fused-ring (bicyclic) bond motifs is 1. The quantitative estimate of drug-likeness (QED) is 0.750. The molecule has 3 aromatic rings. The fourth-order valence-corrected chi connectivity index (χ4v) is 2.84. The molecule has 0 spiro atoms. The van der Waals surface area contributed by atoms with Crippen LogP contribution in [0.1, 0.15) is 16.7 Å². The van der Waals surface area contributed by atoms with Gasteiger partial charge in [0.1, 0.15) is 5.75 Å². The molecule has 0 aromatic heterocycles. The summed E-state index contributed by atoms with van der Waals surface area (Å²) in [6, 6.07) is 21.2. The van der Waals surface area contributed by atoms with Crippen molar-refractivity contribution in [1.29, 1.82) is 0 Å². The van der Waals surface area contributed by atoms with Gasteiger partial charge in [-0.3, -0.25) is 0 Å². The van der Waals surface area contributed by atoms with E-state index in [2.05, 4.69) is 66.8 Å². The molecule has 22 heavy (non-hydrogen) atoms. The largest absolute Gasteiger partial charge is 0.496 e. The van der Waals surface area contributed by atoms with Gasteiger partial charge in [0, 0.05) is 18.7 Å². The molecule has 3 aromatic carbocycles. The van der Waals surface area contributed by atoms with Crippen molar-refractivity contribution in [2.75, 3.05) is 7.11 Å². The van der Waals surface area contributed by atoms with Crippen molar-refractivity contribution in [3.05, 3.63) is 77.4 Å². The minimum absolute atomic E-state index is 0.790. The molecule has 0 amide bonds. The third-order valence-corrected chi connectivity index (χ3v) is 3.93. The van der Waals surface area contributed by atoms with Gasteiger partial charge in [0.05, 0.1) is 7.11 Å². The molecule has 2 nitrogen and oxygen atoms in total. The number of methoxy groups -OCH3 is 1. The van der Waals surface area contributed by atoms with Gasteiger partial charge >= 0.3 is 0 Å². The Morgan fingerprint density at radius 3 is 2.59 bits per heavy atom. The lowest BCUT2D eigenvalue weighted by Crippen LogP contribution is -2.13. The molecule has 1 N–H and O–H groups in total. The SMILES string of the molecule is COc1ccc2ccccc2c1CNCc1cccc(C)c1. The number of nitrogens with one attached hydrogen (secondary N) is 1. The van der Waals surface area contributed by atoms with Crippen LogP contribution in [0.2, 0.25) is 0 Å². The van der Waals surface area contributed by atoms with Gasteiger partial charge < -0.3 is 10.1 Å². The summed E-state index contributed by atoms with van der Waals surface area (Å²) in [7, 11) is 1.73. The maximum absolute atomic E-state index is 5.54. The fourth-order valence-electron chi connectivity index (χ4n) is 2.84. The summed E-state index contributed by atoms with van der Waals surface area (Å²) < 4.78 is 5.54. The van der Waals surface area contributed by atoms with Crippen molar-refractivity contribution in [3.8, 4) is 5.75 Å². The van der Waals surface area contributed by atoms with Crippen molar-refractivity contribution >= 4 is 10.8 Å². The maximum atomic E-state index is 5.54. The molecule has 0 radical (unpaired) electrons. The van der Waals surface area contributed by atoms with E-state index in [0.29, 0.717) is 0 Å². The standard InChI is InChI=1S/C20H21NO/c1-15-6-5-7-16(12-15)13-21-14-19-18-9-4-3-8-17(18)10-11-20(19)22-2/h3-12,21H,13-14H2,1-2H3. The van der Waals surface area contributed by atoms with E-state index in [4.69, 9.17) is 4.74 Å². The molecule has 0 heterocycles. The molecular formula is C20H21NO. The second-order valence-corrected chi connectivity index (χ2v) is 5.56. The van der Waals surface area contributed by atoms with E-state index in [1.54, 1.807) is 7.11 Å². The highest BCUT2D eigenvalue weighted by molar-refractivity contribution is 5.87. The van der Waals surface area contributed by atoms with E-state index in [0.717, 1.165) is 18.8 Å². The van der Waals surface area contributed by atoms with Gasteiger partial charge in [-0.2, -0.15) is 0 Å². The summed E-state index contributed by atoms with van der Waals surface area (Å²) in [4.78, 5) is 0. The van der Waals surface area contributed by atoms with E-state index in [1.807, 2.05) is 6.07 Å². The number of hydrogen-bond acceptors (Lipinski definition) is 2. The highest BCUT2D eigenvalue weighted by Gasteiger charge is 2.07. The summed E-state index contributed by atoms with van der Waals surface area (Å²) in [6.07, 6.45) is 0. The molecule has 0 atom stereocenters. The van der Waals surface area contributed by atoms with Gasteiger partial charge in [0.25, 0.3) is 0 Å². The van der Waals surface area contributed by atoms with Gasteiger partial charge in [-0.25, -0.2) is 0 Å². The predicted octanol–water partition coefficient (Wildman–Crippen LogP) is 4.45. The average Bonchev–Trinajstić information content (AvgIpc) is 2.55. The first-order chi connectivity index (χ1) is 10.8. The molecule has 0 saturated heterocycles. The first-order valence-corrected chi connectivity index (χ1v) is 7.59. The predicted molar refractivity (Wildman–Crippen MR) is 92.2 cm³/mol. The molecule has 0 fully saturated rings. The number of hydrogen-bond donors (Lipinski definition) is 1. The lowest BCUT2D eigenvalue weighted by Gasteiger charge is -2.13. The maximum Gasteiger partial charge on any atom is 0.123 e. The zero-order valence-electron chi connectivity index (χ0n) is 13.1. The Labute approximate surface area is 131 Å². The Balaban J connectivity index is 1.81. The van der Waals surface area contributed by atoms with Crippen molar-refractivity contribution in [2.45, 2.75) is 20.0 Å². The first-order valence-electron chi connectivity index (χ1n) is 7.59. The van der Waals surface area contributed by atoms with Crippen LogP contribution in [0, 0.1) is 6.92 Å². The summed E-state index contributed by atoms with van der Waals surface area (Å²) in [5, 5.41) is 6.03. The zero-order chi connectivity index (χ0) is 15.4. The zero-order valence-corrected chi connectivity index (χ0v) is 13.1. The van der Waals surface area contributed by atoms with E-state index in [-0.39, 0.29) is 0 Å². The minimum atomic E-state index is 0.790. The topological polar surface area (TPSA) is 21.3 Å². The Bertz CT molecular complexity index is 780.